The molecule has 0 radical (unpaired) electrons. The molecular formula is C9H10BrF3N2O2S. The van der Waals surface area contributed by atoms with Crippen LogP contribution < -0.4 is 10.5 Å². The number of rotatable bonds is 4. The summed E-state index contributed by atoms with van der Waals surface area (Å²) in [7, 11) is -4.01. The van der Waals surface area contributed by atoms with Gasteiger partial charge in [0, 0.05) is 17.6 Å². The first-order chi connectivity index (χ1) is 8.18. The number of sulfonamides is 1. The Hall–Kier alpha value is -0.640. The van der Waals surface area contributed by atoms with Crippen molar-refractivity contribution >= 4 is 26.0 Å². The molecular weight excluding hydrogens is 337 g/mol. The molecule has 0 aliphatic carbocycles. The quantitative estimate of drug-likeness (QED) is 0.871. The van der Waals surface area contributed by atoms with Gasteiger partial charge in [-0.3, -0.25) is 0 Å². The van der Waals surface area contributed by atoms with Crippen LogP contribution in [0.4, 0.5) is 13.2 Å². The number of hydrogen-bond acceptors (Lipinski definition) is 3. The zero-order valence-electron chi connectivity index (χ0n) is 8.96. The Balaban J connectivity index is 3.24. The van der Waals surface area contributed by atoms with Gasteiger partial charge in [0.15, 0.2) is 0 Å². The Morgan fingerprint density at radius 2 is 1.94 bits per heavy atom. The van der Waals surface area contributed by atoms with Crippen LogP contribution in [-0.4, -0.2) is 21.5 Å². The molecule has 1 aromatic carbocycles. The van der Waals surface area contributed by atoms with Crippen molar-refractivity contribution in [3.63, 3.8) is 0 Å². The molecule has 102 valence electrons. The van der Waals surface area contributed by atoms with E-state index in [2.05, 4.69) is 20.7 Å². The molecule has 1 rings (SSSR count). The van der Waals surface area contributed by atoms with E-state index in [0.29, 0.717) is 6.07 Å². The van der Waals surface area contributed by atoms with Gasteiger partial charge in [0.05, 0.1) is 10.5 Å². The molecule has 0 unspecified atom stereocenters. The molecule has 0 amide bonds. The highest BCUT2D eigenvalue weighted by molar-refractivity contribution is 9.10. The first kappa shape index (κ1) is 15.4. The molecule has 0 spiro atoms. The minimum absolute atomic E-state index is 0.0506. The van der Waals surface area contributed by atoms with Crippen LogP contribution >= 0.6 is 15.9 Å². The summed E-state index contributed by atoms with van der Waals surface area (Å²) in [4.78, 5) is -0.467. The predicted molar refractivity (Wildman–Crippen MR) is 63.4 cm³/mol. The van der Waals surface area contributed by atoms with Crippen LogP contribution in [0.1, 0.15) is 5.56 Å². The molecule has 0 bridgehead atoms. The lowest BCUT2D eigenvalue weighted by molar-refractivity contribution is -0.137. The van der Waals surface area contributed by atoms with Crippen LogP contribution in [0.15, 0.2) is 27.6 Å². The fourth-order valence-corrected chi connectivity index (χ4v) is 3.19. The van der Waals surface area contributed by atoms with Crippen molar-refractivity contribution in [2.24, 2.45) is 5.73 Å². The molecule has 0 heterocycles. The zero-order valence-corrected chi connectivity index (χ0v) is 11.4. The highest BCUT2D eigenvalue weighted by Gasteiger charge is 2.32. The van der Waals surface area contributed by atoms with Gasteiger partial charge in [-0.2, -0.15) is 13.2 Å². The van der Waals surface area contributed by atoms with E-state index in [1.54, 1.807) is 0 Å². The van der Waals surface area contributed by atoms with Gasteiger partial charge in [-0.15, -0.1) is 0 Å². The zero-order chi connectivity index (χ0) is 14.0. The maximum Gasteiger partial charge on any atom is 0.416 e. The maximum absolute atomic E-state index is 12.5. The van der Waals surface area contributed by atoms with Crippen molar-refractivity contribution < 1.29 is 21.6 Å². The first-order valence-electron chi connectivity index (χ1n) is 4.75. The molecule has 0 aliphatic rings. The lowest BCUT2D eigenvalue weighted by Gasteiger charge is -2.11. The Labute approximate surface area is 111 Å². The summed E-state index contributed by atoms with van der Waals surface area (Å²) in [5.41, 5.74) is 4.10. The molecule has 0 fully saturated rings. The van der Waals surface area contributed by atoms with Crippen molar-refractivity contribution in [2.75, 3.05) is 13.1 Å². The fraction of sp³-hybridized carbons (Fsp3) is 0.333. The van der Waals surface area contributed by atoms with E-state index in [1.807, 2.05) is 0 Å². The third kappa shape index (κ3) is 3.67. The summed E-state index contributed by atoms with van der Waals surface area (Å²) in [6.45, 7) is 0.000823. The van der Waals surface area contributed by atoms with E-state index in [4.69, 9.17) is 5.73 Å². The number of halogens is 4. The van der Waals surface area contributed by atoms with Gasteiger partial charge in [0.25, 0.3) is 0 Å². The van der Waals surface area contributed by atoms with Crippen LogP contribution in [-0.2, 0) is 16.2 Å². The maximum atomic E-state index is 12.5. The second kappa shape index (κ2) is 5.55. The molecule has 1 aromatic rings. The Bertz CT molecular complexity index is 531. The van der Waals surface area contributed by atoms with E-state index in [0.717, 1.165) is 12.1 Å². The fourth-order valence-electron chi connectivity index (χ4n) is 1.16. The molecule has 0 aliphatic heterocycles. The highest BCUT2D eigenvalue weighted by atomic mass is 79.9. The average Bonchev–Trinajstić information content (AvgIpc) is 2.25. The molecule has 18 heavy (non-hydrogen) atoms. The van der Waals surface area contributed by atoms with Crippen molar-refractivity contribution in [1.82, 2.24) is 4.72 Å². The van der Waals surface area contributed by atoms with Crippen LogP contribution in [0.2, 0.25) is 0 Å². The van der Waals surface area contributed by atoms with E-state index in [-0.39, 0.29) is 17.6 Å². The number of nitrogens with two attached hydrogens (primary N) is 1. The normalized spacial score (nSPS) is 12.7. The topological polar surface area (TPSA) is 72.2 Å². The summed E-state index contributed by atoms with van der Waals surface area (Å²) >= 11 is 2.91. The molecule has 4 nitrogen and oxygen atoms in total. The van der Waals surface area contributed by atoms with E-state index < -0.39 is 26.7 Å². The van der Waals surface area contributed by atoms with Gasteiger partial charge in [0.2, 0.25) is 10.0 Å². The molecule has 3 N–H and O–H groups in total. The summed E-state index contributed by atoms with van der Waals surface area (Å²) in [5.74, 6) is 0. The van der Waals surface area contributed by atoms with Crippen molar-refractivity contribution in [3.05, 3.63) is 28.2 Å². The summed E-state index contributed by atoms with van der Waals surface area (Å²) < 4.78 is 63.1. The minimum atomic E-state index is -4.60. The average molecular weight is 347 g/mol. The molecule has 0 saturated heterocycles. The highest BCUT2D eigenvalue weighted by Crippen LogP contribution is 2.33. The van der Waals surface area contributed by atoms with Gasteiger partial charge in [0.1, 0.15) is 0 Å². The number of benzene rings is 1. The van der Waals surface area contributed by atoms with Crippen molar-refractivity contribution in [1.29, 1.82) is 0 Å². The van der Waals surface area contributed by atoms with Gasteiger partial charge < -0.3 is 5.73 Å². The Morgan fingerprint density at radius 1 is 1.33 bits per heavy atom. The van der Waals surface area contributed by atoms with E-state index in [9.17, 15) is 21.6 Å². The lowest BCUT2D eigenvalue weighted by Crippen LogP contribution is -2.29. The van der Waals surface area contributed by atoms with Crippen LogP contribution in [0.3, 0.4) is 0 Å². The third-order valence-corrected chi connectivity index (χ3v) is 4.44. The smallest absolute Gasteiger partial charge is 0.329 e. The molecule has 0 saturated carbocycles. The first-order valence-corrected chi connectivity index (χ1v) is 7.02. The summed E-state index contributed by atoms with van der Waals surface area (Å²) in [6.07, 6.45) is -4.60. The van der Waals surface area contributed by atoms with Crippen molar-refractivity contribution in [2.45, 2.75) is 11.1 Å². The van der Waals surface area contributed by atoms with E-state index >= 15 is 0 Å². The van der Waals surface area contributed by atoms with Gasteiger partial charge in [-0.1, -0.05) is 0 Å². The number of nitrogens with one attached hydrogen (secondary N) is 1. The molecule has 0 aromatic heterocycles. The lowest BCUT2D eigenvalue weighted by atomic mass is 10.2. The Kier molecular flexibility index (Phi) is 4.76. The molecule has 0 atom stereocenters. The summed E-state index contributed by atoms with van der Waals surface area (Å²) in [5, 5.41) is 0. The van der Waals surface area contributed by atoms with Crippen molar-refractivity contribution in [3.8, 4) is 0 Å². The number of hydrogen-bond donors (Lipinski definition) is 2. The SMILES string of the molecule is NCCNS(=O)(=O)c1cc(C(F)(F)F)ccc1Br. The van der Waals surface area contributed by atoms with Crippen LogP contribution in [0.5, 0.6) is 0 Å². The van der Waals surface area contributed by atoms with Gasteiger partial charge in [-0.05, 0) is 34.1 Å². The third-order valence-electron chi connectivity index (χ3n) is 1.98. The molecule has 9 heteroatoms. The standard InChI is InChI=1S/C9H10BrF3N2O2S/c10-7-2-1-6(9(11,12)13)5-8(7)18(16,17)15-4-3-14/h1-2,5,15H,3-4,14H2. The second-order valence-electron chi connectivity index (χ2n) is 3.33. The monoisotopic (exact) mass is 346 g/mol. The van der Waals surface area contributed by atoms with Crippen LogP contribution in [0, 0.1) is 0 Å². The van der Waals surface area contributed by atoms with Gasteiger partial charge in [-0.25, -0.2) is 13.1 Å². The largest absolute Gasteiger partial charge is 0.416 e. The van der Waals surface area contributed by atoms with Gasteiger partial charge >= 0.3 is 6.18 Å². The second-order valence-corrected chi connectivity index (χ2v) is 5.92. The summed E-state index contributed by atoms with van der Waals surface area (Å²) in [6, 6.07) is 2.41. The van der Waals surface area contributed by atoms with E-state index in [1.165, 1.54) is 0 Å². The number of alkyl halides is 3. The Morgan fingerprint density at radius 3 is 2.44 bits per heavy atom. The predicted octanol–water partition coefficient (Wildman–Crippen LogP) is 1.70. The van der Waals surface area contributed by atoms with Crippen LogP contribution in [0.25, 0.3) is 0 Å². The minimum Gasteiger partial charge on any atom is -0.329 e.